The molecule has 1 aromatic carbocycles. The lowest BCUT2D eigenvalue weighted by Gasteiger charge is -2.34. The van der Waals surface area contributed by atoms with Gasteiger partial charge in [-0.15, -0.1) is 0 Å². The van der Waals surface area contributed by atoms with Gasteiger partial charge in [-0.2, -0.15) is 5.26 Å². The minimum atomic E-state index is -0.740. The molecule has 0 aromatic heterocycles. The number of hydrogen-bond donors (Lipinski definition) is 1. The summed E-state index contributed by atoms with van der Waals surface area (Å²) in [6.07, 6.45) is 0.206. The molecule has 0 aliphatic carbocycles. The van der Waals surface area contributed by atoms with Crippen molar-refractivity contribution in [3.05, 3.63) is 35.4 Å². The maximum atomic E-state index is 10.6. The molecule has 1 aliphatic rings. The standard InChI is InChI=1S/C15H19N3O2/c16-11-13-3-1-2-4-14(13)12-18-9-7-17(8-10-18)6-5-15(19)20/h1-4H,5-10,12H2,(H,19,20). The van der Waals surface area contributed by atoms with Crippen molar-refractivity contribution in [1.82, 2.24) is 9.80 Å². The van der Waals surface area contributed by atoms with Crippen molar-refractivity contribution in [2.24, 2.45) is 0 Å². The lowest BCUT2D eigenvalue weighted by molar-refractivity contribution is -0.137. The first kappa shape index (κ1) is 14.5. The lowest BCUT2D eigenvalue weighted by atomic mass is 10.1. The van der Waals surface area contributed by atoms with Gasteiger partial charge in [0, 0.05) is 39.3 Å². The summed E-state index contributed by atoms with van der Waals surface area (Å²) >= 11 is 0. The van der Waals surface area contributed by atoms with Crippen LogP contribution in [0.1, 0.15) is 17.5 Å². The zero-order chi connectivity index (χ0) is 14.4. The first-order valence-corrected chi connectivity index (χ1v) is 6.83. The summed E-state index contributed by atoms with van der Waals surface area (Å²) in [4.78, 5) is 15.0. The van der Waals surface area contributed by atoms with Crippen molar-refractivity contribution < 1.29 is 9.90 Å². The number of piperazine rings is 1. The predicted octanol–water partition coefficient (Wildman–Crippen LogP) is 1.15. The van der Waals surface area contributed by atoms with Crippen LogP contribution in [0, 0.1) is 11.3 Å². The summed E-state index contributed by atoms with van der Waals surface area (Å²) in [7, 11) is 0. The van der Waals surface area contributed by atoms with Gasteiger partial charge < -0.3 is 10.0 Å². The number of nitriles is 1. The van der Waals surface area contributed by atoms with Crippen LogP contribution in [0.4, 0.5) is 0 Å². The molecule has 0 spiro atoms. The van der Waals surface area contributed by atoms with Gasteiger partial charge in [0.1, 0.15) is 0 Å². The summed E-state index contributed by atoms with van der Waals surface area (Å²) < 4.78 is 0. The van der Waals surface area contributed by atoms with E-state index < -0.39 is 5.97 Å². The Balaban J connectivity index is 1.83. The average Bonchev–Trinajstić information content (AvgIpc) is 2.47. The molecule has 1 N–H and O–H groups in total. The first-order valence-electron chi connectivity index (χ1n) is 6.83. The molecule has 0 radical (unpaired) electrons. The average molecular weight is 273 g/mol. The van der Waals surface area contributed by atoms with E-state index in [0.29, 0.717) is 6.54 Å². The van der Waals surface area contributed by atoms with Gasteiger partial charge in [0.15, 0.2) is 0 Å². The summed E-state index contributed by atoms with van der Waals surface area (Å²) in [5, 5.41) is 17.8. The third kappa shape index (κ3) is 4.05. The molecule has 106 valence electrons. The predicted molar refractivity (Wildman–Crippen MR) is 75.1 cm³/mol. The van der Waals surface area contributed by atoms with E-state index in [9.17, 15) is 4.79 Å². The fourth-order valence-electron chi connectivity index (χ4n) is 2.43. The molecule has 5 nitrogen and oxygen atoms in total. The van der Waals surface area contributed by atoms with Crippen LogP contribution in [-0.2, 0) is 11.3 Å². The van der Waals surface area contributed by atoms with Crippen LogP contribution >= 0.6 is 0 Å². The topological polar surface area (TPSA) is 67.6 Å². The highest BCUT2D eigenvalue weighted by Gasteiger charge is 2.18. The fraction of sp³-hybridized carbons (Fsp3) is 0.467. The van der Waals surface area contributed by atoms with Crippen molar-refractivity contribution >= 4 is 5.97 Å². The van der Waals surface area contributed by atoms with E-state index in [1.165, 1.54) is 0 Å². The zero-order valence-corrected chi connectivity index (χ0v) is 11.5. The molecule has 1 heterocycles. The van der Waals surface area contributed by atoms with E-state index in [2.05, 4.69) is 15.9 Å². The number of carbonyl (C=O) groups is 1. The number of nitrogens with zero attached hydrogens (tertiary/aromatic N) is 3. The fourth-order valence-corrected chi connectivity index (χ4v) is 2.43. The molecule has 0 amide bonds. The highest BCUT2D eigenvalue weighted by Crippen LogP contribution is 2.12. The van der Waals surface area contributed by atoms with Crippen LogP contribution in [0.3, 0.4) is 0 Å². The van der Waals surface area contributed by atoms with Crippen LogP contribution in [0.15, 0.2) is 24.3 Å². The normalized spacial score (nSPS) is 16.8. The van der Waals surface area contributed by atoms with Gasteiger partial charge in [-0.1, -0.05) is 18.2 Å². The summed E-state index contributed by atoms with van der Waals surface area (Å²) in [6, 6.07) is 9.90. The van der Waals surface area contributed by atoms with E-state index in [1.807, 2.05) is 24.3 Å². The van der Waals surface area contributed by atoms with Crippen LogP contribution in [0.2, 0.25) is 0 Å². The SMILES string of the molecule is N#Cc1ccccc1CN1CCN(CCC(=O)O)CC1. The molecule has 1 aliphatic heterocycles. The summed E-state index contributed by atoms with van der Waals surface area (Å²) in [5.41, 5.74) is 1.80. The minimum Gasteiger partial charge on any atom is -0.481 e. The Labute approximate surface area is 119 Å². The van der Waals surface area contributed by atoms with Gasteiger partial charge in [0.05, 0.1) is 18.1 Å². The maximum Gasteiger partial charge on any atom is 0.304 e. The second-order valence-corrected chi connectivity index (χ2v) is 5.03. The molecular weight excluding hydrogens is 254 g/mol. The smallest absolute Gasteiger partial charge is 0.304 e. The van der Waals surface area contributed by atoms with Crippen molar-refractivity contribution in [3.8, 4) is 6.07 Å². The Morgan fingerprint density at radius 1 is 1.20 bits per heavy atom. The number of hydrogen-bond acceptors (Lipinski definition) is 4. The van der Waals surface area contributed by atoms with Gasteiger partial charge in [-0.25, -0.2) is 0 Å². The molecule has 5 heteroatoms. The number of carboxylic acid groups (broad SMARTS) is 1. The van der Waals surface area contributed by atoms with E-state index in [0.717, 1.165) is 43.9 Å². The zero-order valence-electron chi connectivity index (χ0n) is 11.5. The molecule has 2 rings (SSSR count). The molecule has 1 saturated heterocycles. The largest absolute Gasteiger partial charge is 0.481 e. The van der Waals surface area contributed by atoms with E-state index in [1.54, 1.807) is 0 Å². The highest BCUT2D eigenvalue weighted by atomic mass is 16.4. The number of benzene rings is 1. The van der Waals surface area contributed by atoms with Crippen molar-refractivity contribution in [2.45, 2.75) is 13.0 Å². The van der Waals surface area contributed by atoms with Crippen LogP contribution in [0.25, 0.3) is 0 Å². The number of rotatable bonds is 5. The Bertz CT molecular complexity index is 502. The molecule has 0 saturated carbocycles. The molecule has 0 atom stereocenters. The Hall–Kier alpha value is -1.90. The van der Waals surface area contributed by atoms with Gasteiger partial charge in [-0.05, 0) is 11.6 Å². The number of carboxylic acids is 1. The maximum absolute atomic E-state index is 10.6. The summed E-state index contributed by atoms with van der Waals surface area (Å²) in [5.74, 6) is -0.740. The monoisotopic (exact) mass is 273 g/mol. The summed E-state index contributed by atoms with van der Waals surface area (Å²) in [6.45, 7) is 5.03. The van der Waals surface area contributed by atoms with Gasteiger partial charge >= 0.3 is 5.97 Å². The van der Waals surface area contributed by atoms with Crippen molar-refractivity contribution in [2.75, 3.05) is 32.7 Å². The van der Waals surface area contributed by atoms with E-state index in [-0.39, 0.29) is 6.42 Å². The van der Waals surface area contributed by atoms with Gasteiger partial charge in [0.2, 0.25) is 0 Å². The third-order valence-corrected chi connectivity index (χ3v) is 3.64. The Kier molecular flexibility index (Phi) is 5.10. The minimum absolute atomic E-state index is 0.206. The van der Waals surface area contributed by atoms with Crippen LogP contribution < -0.4 is 0 Å². The molecule has 20 heavy (non-hydrogen) atoms. The van der Waals surface area contributed by atoms with E-state index in [4.69, 9.17) is 10.4 Å². The Morgan fingerprint density at radius 2 is 1.85 bits per heavy atom. The van der Waals surface area contributed by atoms with Crippen molar-refractivity contribution in [1.29, 1.82) is 5.26 Å². The highest BCUT2D eigenvalue weighted by molar-refractivity contribution is 5.66. The molecule has 1 fully saturated rings. The lowest BCUT2D eigenvalue weighted by Crippen LogP contribution is -2.46. The quantitative estimate of drug-likeness (QED) is 0.871. The molecular formula is C15H19N3O2. The second-order valence-electron chi connectivity index (χ2n) is 5.03. The van der Waals surface area contributed by atoms with Crippen LogP contribution in [-0.4, -0.2) is 53.6 Å². The van der Waals surface area contributed by atoms with Crippen molar-refractivity contribution in [3.63, 3.8) is 0 Å². The van der Waals surface area contributed by atoms with Gasteiger partial charge in [-0.3, -0.25) is 9.69 Å². The molecule has 0 bridgehead atoms. The van der Waals surface area contributed by atoms with Crippen LogP contribution in [0.5, 0.6) is 0 Å². The third-order valence-electron chi connectivity index (χ3n) is 3.64. The second kappa shape index (κ2) is 7.04. The number of aliphatic carboxylic acids is 1. The molecule has 1 aromatic rings. The van der Waals surface area contributed by atoms with E-state index >= 15 is 0 Å². The first-order chi connectivity index (χ1) is 9.69. The van der Waals surface area contributed by atoms with Gasteiger partial charge in [0.25, 0.3) is 0 Å². The molecule has 0 unspecified atom stereocenters. The Morgan fingerprint density at radius 3 is 2.50 bits per heavy atom.